The highest BCUT2D eigenvalue weighted by Gasteiger charge is 2.19. The number of hydrogen-bond donors (Lipinski definition) is 2. The fourth-order valence-electron chi connectivity index (χ4n) is 3.16. The van der Waals surface area contributed by atoms with E-state index in [0.717, 1.165) is 5.56 Å². The van der Waals surface area contributed by atoms with Crippen molar-refractivity contribution in [2.75, 3.05) is 14.2 Å². The number of fused-ring (bicyclic) bond motifs is 1. The number of nitrogens with zero attached hydrogens (tertiary/aromatic N) is 2. The molecular formula is C22H19FN4O4. The summed E-state index contributed by atoms with van der Waals surface area (Å²) in [7, 11) is 2.90. The summed E-state index contributed by atoms with van der Waals surface area (Å²) in [6, 6.07) is 7.92. The zero-order valence-electron chi connectivity index (χ0n) is 16.8. The van der Waals surface area contributed by atoms with Crippen molar-refractivity contribution in [1.29, 1.82) is 0 Å². The van der Waals surface area contributed by atoms with E-state index in [9.17, 15) is 9.18 Å². The first-order chi connectivity index (χ1) is 15.1. The van der Waals surface area contributed by atoms with Crippen LogP contribution in [0.1, 0.15) is 27.5 Å². The number of aromatic amines is 1. The molecule has 0 saturated carbocycles. The highest BCUT2D eigenvalue weighted by molar-refractivity contribution is 6.05. The van der Waals surface area contributed by atoms with Crippen LogP contribution in [0.3, 0.4) is 0 Å². The molecule has 31 heavy (non-hydrogen) atoms. The first-order valence-corrected chi connectivity index (χ1v) is 9.34. The van der Waals surface area contributed by atoms with Gasteiger partial charge < -0.3 is 19.2 Å². The summed E-state index contributed by atoms with van der Waals surface area (Å²) in [4.78, 5) is 16.7. The molecule has 2 heterocycles. The number of rotatable bonds is 7. The minimum atomic E-state index is -0.436. The Bertz CT molecular complexity index is 1250. The zero-order valence-corrected chi connectivity index (χ0v) is 16.8. The summed E-state index contributed by atoms with van der Waals surface area (Å²) in [5.74, 6) is 0.159. The molecule has 0 saturated heterocycles. The van der Waals surface area contributed by atoms with Crippen LogP contribution in [0.4, 0.5) is 4.39 Å². The maximum absolute atomic E-state index is 13.6. The van der Waals surface area contributed by atoms with Crippen molar-refractivity contribution in [3.63, 3.8) is 0 Å². The third-order valence-corrected chi connectivity index (χ3v) is 4.65. The average molecular weight is 422 g/mol. The third-order valence-electron chi connectivity index (χ3n) is 4.65. The Morgan fingerprint density at radius 1 is 1.23 bits per heavy atom. The molecule has 2 N–H and O–H groups in total. The fourth-order valence-corrected chi connectivity index (χ4v) is 3.16. The second kappa shape index (κ2) is 8.70. The molecule has 0 fully saturated rings. The Hall–Kier alpha value is -4.14. The molecule has 0 aliphatic heterocycles. The first kappa shape index (κ1) is 20.1. The molecule has 0 atom stereocenters. The quantitative estimate of drug-likeness (QED) is 0.470. The number of carbonyl (C=O) groups is 1. The van der Waals surface area contributed by atoms with Crippen LogP contribution in [0.25, 0.3) is 23.1 Å². The van der Waals surface area contributed by atoms with Gasteiger partial charge in [-0.05, 0) is 35.9 Å². The average Bonchev–Trinajstić information content (AvgIpc) is 3.46. The molecule has 158 valence electrons. The number of hydrogen-bond acceptors (Lipinski definition) is 6. The monoisotopic (exact) mass is 422 g/mol. The van der Waals surface area contributed by atoms with Crippen molar-refractivity contribution in [2.24, 2.45) is 0 Å². The maximum atomic E-state index is 13.6. The zero-order chi connectivity index (χ0) is 21.8. The van der Waals surface area contributed by atoms with E-state index in [1.807, 2.05) is 0 Å². The minimum Gasteiger partial charge on any atom is -0.495 e. The number of ether oxygens (including phenoxy) is 2. The van der Waals surface area contributed by atoms with Crippen LogP contribution < -0.4 is 14.8 Å². The van der Waals surface area contributed by atoms with Crippen LogP contribution in [-0.2, 0) is 6.54 Å². The summed E-state index contributed by atoms with van der Waals surface area (Å²) in [6.45, 7) is 0.150. The standard InChI is InChI=1S/C22H19FN4O4/c1-29-18-11-13(3-6-15(18)23)4-7-16-20-17(27-26-16)8-5-14(21(20)30-2)22(28)25-12-19-24-9-10-31-19/h3-11H,12H2,1-2H3,(H,25,28)(H,26,27)/b7-4+. The lowest BCUT2D eigenvalue weighted by atomic mass is 10.1. The Morgan fingerprint density at radius 3 is 2.84 bits per heavy atom. The van der Waals surface area contributed by atoms with E-state index in [4.69, 9.17) is 13.9 Å². The minimum absolute atomic E-state index is 0.150. The number of halogens is 1. The molecule has 4 aromatic rings. The number of nitrogens with one attached hydrogen (secondary N) is 2. The van der Waals surface area contributed by atoms with Crippen molar-refractivity contribution < 1.29 is 23.1 Å². The van der Waals surface area contributed by atoms with Crippen molar-refractivity contribution in [3.05, 3.63) is 71.3 Å². The topological polar surface area (TPSA) is 102 Å². The molecule has 0 aliphatic carbocycles. The molecule has 4 rings (SSSR count). The number of H-pyrrole nitrogens is 1. The number of amides is 1. The maximum Gasteiger partial charge on any atom is 0.255 e. The van der Waals surface area contributed by atoms with Crippen LogP contribution >= 0.6 is 0 Å². The molecule has 0 spiro atoms. The first-order valence-electron chi connectivity index (χ1n) is 9.34. The normalized spacial score (nSPS) is 11.2. The van der Waals surface area contributed by atoms with E-state index in [1.54, 1.807) is 36.4 Å². The van der Waals surface area contributed by atoms with Gasteiger partial charge in [-0.2, -0.15) is 5.10 Å². The van der Waals surface area contributed by atoms with Crippen molar-refractivity contribution in [3.8, 4) is 11.5 Å². The molecule has 8 nitrogen and oxygen atoms in total. The lowest BCUT2D eigenvalue weighted by Gasteiger charge is -2.10. The van der Waals surface area contributed by atoms with Crippen LogP contribution in [0.5, 0.6) is 11.5 Å². The number of oxazole rings is 1. The molecular weight excluding hydrogens is 403 g/mol. The SMILES string of the molecule is COc1cc(/C=C/c2[nH]nc3ccc(C(=O)NCc4ncco4)c(OC)c23)ccc1F. The van der Waals surface area contributed by atoms with Gasteiger partial charge in [-0.25, -0.2) is 9.37 Å². The van der Waals surface area contributed by atoms with Crippen molar-refractivity contribution in [1.82, 2.24) is 20.5 Å². The number of aromatic nitrogens is 3. The van der Waals surface area contributed by atoms with Gasteiger partial charge in [-0.1, -0.05) is 12.1 Å². The van der Waals surface area contributed by atoms with Crippen LogP contribution in [0.15, 0.2) is 47.2 Å². The second-order valence-electron chi connectivity index (χ2n) is 6.51. The predicted molar refractivity (Wildman–Crippen MR) is 112 cm³/mol. The summed E-state index contributed by atoms with van der Waals surface area (Å²) in [6.07, 6.45) is 6.51. The van der Waals surface area contributed by atoms with Gasteiger partial charge in [-0.15, -0.1) is 0 Å². The van der Waals surface area contributed by atoms with Gasteiger partial charge in [0.25, 0.3) is 5.91 Å². The van der Waals surface area contributed by atoms with Crippen molar-refractivity contribution >= 4 is 29.0 Å². The predicted octanol–water partition coefficient (Wildman–Crippen LogP) is 3.81. The summed E-state index contributed by atoms with van der Waals surface area (Å²) in [5.41, 5.74) is 2.36. The van der Waals surface area contributed by atoms with E-state index >= 15 is 0 Å². The van der Waals surface area contributed by atoms with Gasteiger partial charge >= 0.3 is 0 Å². The molecule has 0 unspecified atom stereocenters. The highest BCUT2D eigenvalue weighted by Crippen LogP contribution is 2.32. The van der Waals surface area contributed by atoms with Gasteiger partial charge in [-0.3, -0.25) is 9.89 Å². The van der Waals surface area contributed by atoms with Gasteiger partial charge in [0.05, 0.1) is 49.1 Å². The van der Waals surface area contributed by atoms with E-state index in [-0.39, 0.29) is 18.2 Å². The van der Waals surface area contributed by atoms with Gasteiger partial charge in [0.2, 0.25) is 5.89 Å². The molecule has 0 radical (unpaired) electrons. The smallest absolute Gasteiger partial charge is 0.255 e. The van der Waals surface area contributed by atoms with Gasteiger partial charge in [0, 0.05) is 0 Å². The summed E-state index contributed by atoms with van der Waals surface area (Å²) < 4.78 is 29.3. The van der Waals surface area contributed by atoms with Gasteiger partial charge in [0.1, 0.15) is 12.0 Å². The van der Waals surface area contributed by atoms with E-state index in [2.05, 4.69) is 20.5 Å². The molecule has 1 amide bonds. The third kappa shape index (κ3) is 4.11. The van der Waals surface area contributed by atoms with E-state index < -0.39 is 5.82 Å². The lowest BCUT2D eigenvalue weighted by molar-refractivity contribution is 0.0944. The Kier molecular flexibility index (Phi) is 5.65. The largest absolute Gasteiger partial charge is 0.495 e. The van der Waals surface area contributed by atoms with E-state index in [1.165, 1.54) is 32.7 Å². The molecule has 2 aromatic heterocycles. The van der Waals surface area contributed by atoms with Crippen LogP contribution in [-0.4, -0.2) is 35.3 Å². The fraction of sp³-hybridized carbons (Fsp3) is 0.136. The number of carbonyl (C=O) groups excluding carboxylic acids is 1. The number of methoxy groups -OCH3 is 2. The highest BCUT2D eigenvalue weighted by atomic mass is 19.1. The lowest BCUT2D eigenvalue weighted by Crippen LogP contribution is -2.23. The Balaban J connectivity index is 1.66. The molecule has 9 heteroatoms. The second-order valence-corrected chi connectivity index (χ2v) is 6.51. The summed E-state index contributed by atoms with van der Waals surface area (Å²) in [5, 5.41) is 10.6. The Morgan fingerprint density at radius 2 is 2.10 bits per heavy atom. The van der Waals surface area contributed by atoms with Crippen LogP contribution in [0.2, 0.25) is 0 Å². The number of benzene rings is 2. The van der Waals surface area contributed by atoms with Crippen LogP contribution in [0, 0.1) is 5.82 Å². The molecule has 0 bridgehead atoms. The Labute approximate surface area is 176 Å². The van der Waals surface area contributed by atoms with E-state index in [0.29, 0.717) is 33.8 Å². The van der Waals surface area contributed by atoms with Crippen molar-refractivity contribution in [2.45, 2.75) is 6.54 Å². The van der Waals surface area contributed by atoms with Gasteiger partial charge in [0.15, 0.2) is 11.6 Å². The molecule has 2 aromatic carbocycles. The molecule has 0 aliphatic rings. The summed E-state index contributed by atoms with van der Waals surface area (Å²) >= 11 is 0.